The van der Waals surface area contributed by atoms with Crippen molar-refractivity contribution in [2.45, 2.75) is 24.8 Å². The van der Waals surface area contributed by atoms with Gasteiger partial charge in [-0.3, -0.25) is 4.90 Å². The number of phenols is 1. The summed E-state index contributed by atoms with van der Waals surface area (Å²) in [6, 6.07) is 24.9. The van der Waals surface area contributed by atoms with Crippen molar-refractivity contribution >= 4 is 0 Å². The molecule has 0 aliphatic carbocycles. The Morgan fingerprint density at radius 2 is 1.76 bits per heavy atom. The lowest BCUT2D eigenvalue weighted by Gasteiger charge is -2.34. The van der Waals surface area contributed by atoms with Crippen molar-refractivity contribution in [3.05, 3.63) is 89.5 Å². The summed E-state index contributed by atoms with van der Waals surface area (Å²) in [5, 5.41) is 13.4. The molecule has 2 aliphatic heterocycles. The quantitative estimate of drug-likeness (QED) is 0.591. The first kappa shape index (κ1) is 21.8. The van der Waals surface area contributed by atoms with Gasteiger partial charge >= 0.3 is 0 Å². The van der Waals surface area contributed by atoms with Crippen LogP contribution >= 0.6 is 0 Å². The molecular formula is C28H32N2O3. The Morgan fingerprint density at radius 1 is 1.00 bits per heavy atom. The molecule has 3 unspecified atom stereocenters. The van der Waals surface area contributed by atoms with Gasteiger partial charge in [0.15, 0.2) is 0 Å². The zero-order valence-electron chi connectivity index (χ0n) is 19.1. The second kappa shape index (κ2) is 9.86. The highest BCUT2D eigenvalue weighted by Gasteiger charge is 2.33. The predicted molar refractivity (Wildman–Crippen MR) is 130 cm³/mol. The average Bonchev–Trinajstić information content (AvgIpc) is 2.88. The Hall–Kier alpha value is -3.02. The minimum atomic E-state index is 0.144. The standard InChI is InChI=1S/C28H32N2O3/c1-20(30-15-13-29-14-16-30)18-32-24-10-7-22(8-11-24)28-25-12-9-23(31)17-27(25)33-19-26(28)21-5-3-2-4-6-21/h2-12,17,20,26,28-29,31H,13-16,18-19H2,1H3. The van der Waals surface area contributed by atoms with Gasteiger partial charge in [0.25, 0.3) is 0 Å². The van der Waals surface area contributed by atoms with E-state index in [1.807, 2.05) is 12.1 Å². The van der Waals surface area contributed by atoms with Gasteiger partial charge in [-0.1, -0.05) is 48.5 Å². The van der Waals surface area contributed by atoms with Crippen LogP contribution in [0.2, 0.25) is 0 Å². The van der Waals surface area contributed by atoms with E-state index in [4.69, 9.17) is 9.47 Å². The minimum absolute atomic E-state index is 0.144. The van der Waals surface area contributed by atoms with Crippen molar-refractivity contribution in [3.8, 4) is 17.2 Å². The Kier molecular flexibility index (Phi) is 6.51. The van der Waals surface area contributed by atoms with Gasteiger partial charge in [0.1, 0.15) is 23.9 Å². The van der Waals surface area contributed by atoms with Gasteiger partial charge < -0.3 is 19.9 Å². The van der Waals surface area contributed by atoms with E-state index in [0.717, 1.165) is 43.2 Å². The van der Waals surface area contributed by atoms with E-state index in [9.17, 15) is 5.11 Å². The molecule has 0 aromatic heterocycles. The van der Waals surface area contributed by atoms with Crippen LogP contribution in [0.4, 0.5) is 0 Å². The number of aromatic hydroxyl groups is 1. The van der Waals surface area contributed by atoms with Gasteiger partial charge in [-0.2, -0.15) is 0 Å². The number of benzene rings is 3. The van der Waals surface area contributed by atoms with Crippen LogP contribution in [0.5, 0.6) is 17.2 Å². The fourth-order valence-corrected chi connectivity index (χ4v) is 5.01. The van der Waals surface area contributed by atoms with Crippen LogP contribution in [0.3, 0.4) is 0 Å². The number of hydrogen-bond acceptors (Lipinski definition) is 5. The maximum absolute atomic E-state index is 9.96. The molecule has 0 bridgehead atoms. The lowest BCUT2D eigenvalue weighted by Crippen LogP contribution is -2.49. The van der Waals surface area contributed by atoms with Crippen molar-refractivity contribution in [1.29, 1.82) is 0 Å². The number of rotatable bonds is 6. The molecule has 5 heteroatoms. The number of hydrogen-bond donors (Lipinski definition) is 2. The molecule has 0 saturated carbocycles. The molecule has 3 aromatic carbocycles. The normalized spacial score (nSPS) is 21.6. The van der Waals surface area contributed by atoms with Crippen molar-refractivity contribution in [2.24, 2.45) is 0 Å². The number of piperazine rings is 1. The number of nitrogens with zero attached hydrogens (tertiary/aromatic N) is 1. The molecule has 172 valence electrons. The third-order valence-corrected chi connectivity index (χ3v) is 6.89. The van der Waals surface area contributed by atoms with Crippen LogP contribution in [0.15, 0.2) is 72.8 Å². The summed E-state index contributed by atoms with van der Waals surface area (Å²) >= 11 is 0. The molecule has 3 atom stereocenters. The zero-order chi connectivity index (χ0) is 22.6. The molecule has 5 nitrogen and oxygen atoms in total. The van der Waals surface area contributed by atoms with Crippen molar-refractivity contribution < 1.29 is 14.6 Å². The SMILES string of the molecule is CC(COc1ccc(C2c3ccc(O)cc3OCC2c2ccccc2)cc1)N1CCNCC1. The van der Waals surface area contributed by atoms with E-state index in [-0.39, 0.29) is 17.6 Å². The Balaban J connectivity index is 1.36. The molecule has 33 heavy (non-hydrogen) atoms. The molecule has 2 aliphatic rings. The Bertz CT molecular complexity index is 1050. The summed E-state index contributed by atoms with van der Waals surface area (Å²) in [6.45, 7) is 7.74. The van der Waals surface area contributed by atoms with Crippen molar-refractivity contribution in [3.63, 3.8) is 0 Å². The number of ether oxygens (including phenoxy) is 2. The highest BCUT2D eigenvalue weighted by atomic mass is 16.5. The third-order valence-electron chi connectivity index (χ3n) is 6.89. The van der Waals surface area contributed by atoms with Crippen LogP contribution in [0, 0.1) is 0 Å². The third kappa shape index (κ3) is 4.85. The summed E-state index contributed by atoms with van der Waals surface area (Å²) < 4.78 is 12.2. The summed E-state index contributed by atoms with van der Waals surface area (Å²) in [4.78, 5) is 2.48. The monoisotopic (exact) mass is 444 g/mol. The fraction of sp³-hybridized carbons (Fsp3) is 0.357. The second-order valence-corrected chi connectivity index (χ2v) is 9.04. The molecule has 2 heterocycles. The minimum Gasteiger partial charge on any atom is -0.508 e. The molecule has 1 fully saturated rings. The highest BCUT2D eigenvalue weighted by molar-refractivity contribution is 5.50. The van der Waals surface area contributed by atoms with Gasteiger partial charge in [0.2, 0.25) is 0 Å². The topological polar surface area (TPSA) is 54.0 Å². The van der Waals surface area contributed by atoms with Crippen LogP contribution < -0.4 is 14.8 Å². The van der Waals surface area contributed by atoms with Crippen molar-refractivity contribution in [1.82, 2.24) is 10.2 Å². The number of fused-ring (bicyclic) bond motifs is 1. The lowest BCUT2D eigenvalue weighted by molar-refractivity contribution is 0.132. The first-order chi connectivity index (χ1) is 16.2. The molecule has 0 amide bonds. The lowest BCUT2D eigenvalue weighted by atomic mass is 9.76. The van der Waals surface area contributed by atoms with E-state index < -0.39 is 0 Å². The van der Waals surface area contributed by atoms with Crippen LogP contribution in [0.1, 0.15) is 35.4 Å². The van der Waals surface area contributed by atoms with Gasteiger partial charge in [0, 0.05) is 55.7 Å². The summed E-state index contributed by atoms with van der Waals surface area (Å²) in [7, 11) is 0. The predicted octanol–water partition coefficient (Wildman–Crippen LogP) is 4.37. The fourth-order valence-electron chi connectivity index (χ4n) is 5.01. The Morgan fingerprint density at radius 3 is 2.52 bits per heavy atom. The first-order valence-electron chi connectivity index (χ1n) is 11.9. The molecule has 0 spiro atoms. The van der Waals surface area contributed by atoms with Crippen LogP contribution in [-0.4, -0.2) is 55.4 Å². The highest BCUT2D eigenvalue weighted by Crippen LogP contribution is 2.47. The zero-order valence-corrected chi connectivity index (χ0v) is 19.1. The maximum Gasteiger partial charge on any atom is 0.126 e. The van der Waals surface area contributed by atoms with Gasteiger partial charge in [-0.25, -0.2) is 0 Å². The van der Waals surface area contributed by atoms with Crippen LogP contribution in [-0.2, 0) is 0 Å². The molecule has 0 radical (unpaired) electrons. The second-order valence-electron chi connectivity index (χ2n) is 9.04. The largest absolute Gasteiger partial charge is 0.508 e. The summed E-state index contributed by atoms with van der Waals surface area (Å²) in [5.74, 6) is 2.23. The van der Waals surface area contributed by atoms with Crippen LogP contribution in [0.25, 0.3) is 0 Å². The first-order valence-corrected chi connectivity index (χ1v) is 11.9. The number of nitrogens with one attached hydrogen (secondary N) is 1. The van der Waals surface area contributed by atoms with E-state index in [1.165, 1.54) is 11.1 Å². The molecule has 2 N–H and O–H groups in total. The molecule has 1 saturated heterocycles. The summed E-state index contributed by atoms with van der Waals surface area (Å²) in [6.07, 6.45) is 0. The summed E-state index contributed by atoms with van der Waals surface area (Å²) in [5.41, 5.74) is 3.59. The average molecular weight is 445 g/mol. The number of phenolic OH excluding ortho intramolecular Hbond substituents is 1. The van der Waals surface area contributed by atoms with E-state index >= 15 is 0 Å². The Labute approximate surface area is 196 Å². The smallest absolute Gasteiger partial charge is 0.126 e. The maximum atomic E-state index is 9.96. The van der Waals surface area contributed by atoms with E-state index in [0.29, 0.717) is 19.3 Å². The molecule has 5 rings (SSSR count). The van der Waals surface area contributed by atoms with E-state index in [2.05, 4.69) is 65.7 Å². The molecule has 3 aromatic rings. The van der Waals surface area contributed by atoms with Gasteiger partial charge in [0.05, 0.1) is 6.61 Å². The van der Waals surface area contributed by atoms with Gasteiger partial charge in [-0.05, 0) is 36.2 Å². The van der Waals surface area contributed by atoms with Gasteiger partial charge in [-0.15, -0.1) is 0 Å². The molecular weight excluding hydrogens is 412 g/mol. The van der Waals surface area contributed by atoms with E-state index in [1.54, 1.807) is 12.1 Å². The van der Waals surface area contributed by atoms with Crippen molar-refractivity contribution in [2.75, 3.05) is 39.4 Å².